The maximum atomic E-state index is 8.33. The minimum atomic E-state index is -2.33. The first kappa shape index (κ1) is 16.5. The second-order valence-corrected chi connectivity index (χ2v) is 0.250. The van der Waals surface area contributed by atoms with E-state index in [4.69, 9.17) is 15.0 Å². The second kappa shape index (κ2) is 8.93. The number of carbonyl (C=O) groups excluding carboxylic acids is 1. The Morgan fingerprint density at radius 3 is 1.33 bits per heavy atom. The third-order valence-electron chi connectivity index (χ3n) is 0. The molecule has 0 aliphatic rings. The van der Waals surface area contributed by atoms with Crippen LogP contribution in [0.3, 0.4) is 0 Å². The summed E-state index contributed by atoms with van der Waals surface area (Å²) in [5, 5.41) is 16.7. The Bertz CT molecular complexity index is 33.8. The molecule has 0 unspecified atom stereocenters. The Balaban J connectivity index is -0.0000000450. The topological polar surface area (TPSA) is 98.2 Å². The summed E-state index contributed by atoms with van der Waals surface area (Å²) in [6.45, 7) is 0. The molecule has 0 spiro atoms. The summed E-state index contributed by atoms with van der Waals surface area (Å²) < 4.78 is 0. The van der Waals surface area contributed by atoms with Gasteiger partial charge in [0.2, 0.25) is 0 Å². The van der Waals surface area contributed by atoms with E-state index in [1.54, 1.807) is 0 Å². The smallest absolute Gasteiger partial charge is 0.652 e. The summed E-state index contributed by atoms with van der Waals surface area (Å²) >= 11 is 0. The van der Waals surface area contributed by atoms with Gasteiger partial charge in [-0.05, 0) is 6.16 Å². The molecule has 4 nitrogen and oxygen atoms in total. The zero-order valence-corrected chi connectivity index (χ0v) is 5.39. The van der Waals surface area contributed by atoms with Gasteiger partial charge in [0.1, 0.15) is 0 Å². The molecule has 0 saturated carbocycles. The molecule has 5 heteroatoms. The summed E-state index contributed by atoms with van der Waals surface area (Å²) in [4.78, 5) is 8.33. The monoisotopic (exact) mass is 167 g/mol. The van der Waals surface area contributed by atoms with Crippen LogP contribution in [0.2, 0.25) is 0 Å². The van der Waals surface area contributed by atoms with E-state index >= 15 is 0 Å². The quantitative estimate of drug-likeness (QED) is 0.440. The molecular formula is CH3NO3Zr+2. The van der Waals surface area contributed by atoms with E-state index in [2.05, 4.69) is 0 Å². The maximum Gasteiger partial charge on any atom is 4.00 e. The minimum Gasteiger partial charge on any atom is -0.652 e. The van der Waals surface area contributed by atoms with E-state index in [-0.39, 0.29) is 32.4 Å². The summed E-state index contributed by atoms with van der Waals surface area (Å²) in [7, 11) is 0. The van der Waals surface area contributed by atoms with Crippen molar-refractivity contribution in [3.05, 3.63) is 0 Å². The Morgan fingerprint density at radius 2 is 1.33 bits per heavy atom. The molecule has 0 aromatic carbocycles. The minimum absolute atomic E-state index is 0. The predicted octanol–water partition coefficient (Wildman–Crippen LogP) is -2.29. The number of hydrogen-bond donors (Lipinski definition) is 1. The molecule has 0 heterocycles. The molecule has 0 aliphatic carbocycles. The third-order valence-corrected chi connectivity index (χ3v) is 0. The van der Waals surface area contributed by atoms with E-state index in [9.17, 15) is 0 Å². The summed E-state index contributed by atoms with van der Waals surface area (Å²) in [5.41, 5.74) is 0. The van der Waals surface area contributed by atoms with Gasteiger partial charge in [0.25, 0.3) is 0 Å². The molecule has 0 fully saturated rings. The van der Waals surface area contributed by atoms with Crippen molar-refractivity contribution in [2.75, 3.05) is 0 Å². The van der Waals surface area contributed by atoms with Crippen molar-refractivity contribution in [2.24, 2.45) is 0 Å². The predicted molar refractivity (Wildman–Crippen MR) is 10.4 cm³/mol. The van der Waals surface area contributed by atoms with Crippen LogP contribution in [0.5, 0.6) is 0 Å². The molecule has 0 saturated heterocycles. The van der Waals surface area contributed by atoms with Gasteiger partial charge in [-0.2, -0.15) is 0 Å². The van der Waals surface area contributed by atoms with Gasteiger partial charge in [0, 0.05) is 0 Å². The van der Waals surface area contributed by atoms with E-state index < -0.39 is 6.16 Å². The Morgan fingerprint density at radius 1 is 1.33 bits per heavy atom. The van der Waals surface area contributed by atoms with Crippen molar-refractivity contribution >= 4 is 6.16 Å². The number of hydrogen-bond acceptors (Lipinski definition) is 4. The molecule has 0 radical (unpaired) electrons. The van der Waals surface area contributed by atoms with Crippen LogP contribution >= 0.6 is 0 Å². The van der Waals surface area contributed by atoms with Crippen molar-refractivity contribution in [1.82, 2.24) is 6.15 Å². The fraction of sp³-hybridized carbons (Fsp3) is 0. The third kappa shape index (κ3) is 3120. The molecule has 3 N–H and O–H groups in total. The van der Waals surface area contributed by atoms with Gasteiger partial charge < -0.3 is 21.2 Å². The van der Waals surface area contributed by atoms with E-state index in [0.717, 1.165) is 0 Å². The van der Waals surface area contributed by atoms with Gasteiger partial charge >= 0.3 is 26.2 Å². The second-order valence-electron chi connectivity index (χ2n) is 0.250. The van der Waals surface area contributed by atoms with Crippen molar-refractivity contribution in [3.63, 3.8) is 0 Å². The summed E-state index contributed by atoms with van der Waals surface area (Å²) in [5.74, 6) is 0. The van der Waals surface area contributed by atoms with Crippen LogP contribution < -0.4 is 16.4 Å². The van der Waals surface area contributed by atoms with Gasteiger partial charge in [-0.25, -0.2) is 0 Å². The number of carboxylic acid groups (broad SMARTS) is 2. The first-order valence-corrected chi connectivity index (χ1v) is 0.612. The number of rotatable bonds is 0. The Hall–Kier alpha value is 0.113. The fourth-order valence-electron chi connectivity index (χ4n) is 0. The average molecular weight is 168 g/mol. The summed E-state index contributed by atoms with van der Waals surface area (Å²) in [6, 6.07) is 0. The van der Waals surface area contributed by atoms with Crippen LogP contribution in [0.25, 0.3) is 0 Å². The van der Waals surface area contributed by atoms with Crippen molar-refractivity contribution < 1.29 is 41.2 Å². The van der Waals surface area contributed by atoms with Crippen LogP contribution in [0, 0.1) is 0 Å². The zero-order chi connectivity index (χ0) is 3.58. The van der Waals surface area contributed by atoms with Crippen molar-refractivity contribution in [3.8, 4) is 0 Å². The maximum absolute atomic E-state index is 8.33. The fourth-order valence-corrected chi connectivity index (χ4v) is 0. The average Bonchev–Trinajstić information content (AvgIpc) is 0.811. The molecule has 6 heavy (non-hydrogen) atoms. The molecule has 0 bridgehead atoms. The van der Waals surface area contributed by atoms with Crippen LogP contribution in [0.4, 0.5) is 4.79 Å². The SMILES string of the molecule is N.O=C([O-])[O-].[Zr+4]. The molecule has 0 rings (SSSR count). The Kier molecular flexibility index (Phi) is 24.5. The van der Waals surface area contributed by atoms with Crippen LogP contribution in [-0.4, -0.2) is 6.16 Å². The number of carbonyl (C=O) groups is 1. The van der Waals surface area contributed by atoms with Crippen molar-refractivity contribution in [1.29, 1.82) is 0 Å². The molecule has 0 atom stereocenters. The van der Waals surface area contributed by atoms with Gasteiger partial charge in [0.05, 0.1) is 0 Å². The van der Waals surface area contributed by atoms with Gasteiger partial charge in [0.15, 0.2) is 0 Å². The van der Waals surface area contributed by atoms with Crippen LogP contribution in [0.15, 0.2) is 0 Å². The van der Waals surface area contributed by atoms with Gasteiger partial charge in [-0.1, -0.05) is 0 Å². The largest absolute Gasteiger partial charge is 4.00 e. The standard InChI is InChI=1S/CH2O3.H3N.Zr/c2-1(3)4;;/h(H2,2,3,4);1H3;/q;;+4/p-2. The summed E-state index contributed by atoms with van der Waals surface area (Å²) in [6.07, 6.45) is -2.33. The molecule has 0 aromatic rings. The van der Waals surface area contributed by atoms with E-state index in [1.807, 2.05) is 0 Å². The molecule has 0 aromatic heterocycles. The molecule has 0 amide bonds. The van der Waals surface area contributed by atoms with Crippen LogP contribution in [-0.2, 0) is 26.2 Å². The first-order chi connectivity index (χ1) is 1.73. The van der Waals surface area contributed by atoms with Gasteiger partial charge in [-0.3, -0.25) is 0 Å². The molecule has 0 aliphatic heterocycles. The first-order valence-electron chi connectivity index (χ1n) is 0.612. The zero-order valence-electron chi connectivity index (χ0n) is 2.93. The van der Waals surface area contributed by atoms with Crippen LogP contribution in [0.1, 0.15) is 0 Å². The van der Waals surface area contributed by atoms with E-state index in [0.29, 0.717) is 0 Å². The molecule has 32 valence electrons. The van der Waals surface area contributed by atoms with E-state index in [1.165, 1.54) is 0 Å². The normalized spacial score (nSPS) is 4.00. The van der Waals surface area contributed by atoms with Crippen molar-refractivity contribution in [2.45, 2.75) is 0 Å². The Labute approximate surface area is 53.9 Å². The van der Waals surface area contributed by atoms with Gasteiger partial charge in [-0.15, -0.1) is 0 Å². The molecular weight excluding hydrogens is 165 g/mol.